The number of hydrogen-bond acceptors (Lipinski definition) is 6. The number of rotatable bonds is 4. The molecule has 2 rings (SSSR count). The molecule has 0 aliphatic heterocycles. The van der Waals surface area contributed by atoms with E-state index in [1.165, 1.54) is 6.07 Å². The van der Waals surface area contributed by atoms with Crippen LogP contribution in [-0.2, 0) is 11.3 Å². The lowest BCUT2D eigenvalue weighted by molar-refractivity contribution is 0.0516. The van der Waals surface area contributed by atoms with Gasteiger partial charge in [0.2, 0.25) is 5.88 Å². The van der Waals surface area contributed by atoms with Gasteiger partial charge in [0.25, 0.3) is 0 Å². The SMILES string of the molecule is COc1cccc(COc2cc(N)n(C(=O)OC(C)(C)C)n2)c1. The molecule has 0 unspecified atom stereocenters. The fraction of sp³-hybridized carbons (Fsp3) is 0.375. The Morgan fingerprint density at radius 2 is 2.04 bits per heavy atom. The number of benzene rings is 1. The van der Waals surface area contributed by atoms with Gasteiger partial charge in [-0.1, -0.05) is 12.1 Å². The number of aromatic nitrogens is 2. The average molecular weight is 319 g/mol. The van der Waals surface area contributed by atoms with E-state index in [1.54, 1.807) is 27.9 Å². The molecule has 2 aromatic rings. The number of nitrogen functional groups attached to an aromatic ring is 1. The number of nitrogens with zero attached hydrogens (tertiary/aromatic N) is 2. The molecule has 7 heteroatoms. The van der Waals surface area contributed by atoms with Gasteiger partial charge in [0.05, 0.1) is 7.11 Å². The minimum Gasteiger partial charge on any atom is -0.497 e. The summed E-state index contributed by atoms with van der Waals surface area (Å²) in [6, 6.07) is 8.94. The highest BCUT2D eigenvalue weighted by molar-refractivity contribution is 5.74. The molecule has 1 aromatic carbocycles. The third kappa shape index (κ3) is 4.64. The summed E-state index contributed by atoms with van der Waals surface area (Å²) >= 11 is 0. The highest BCUT2D eigenvalue weighted by atomic mass is 16.6. The zero-order chi connectivity index (χ0) is 17.0. The third-order valence-corrected chi connectivity index (χ3v) is 2.80. The predicted octanol–water partition coefficient (Wildman–Crippen LogP) is 2.84. The predicted molar refractivity (Wildman–Crippen MR) is 85.6 cm³/mol. The van der Waals surface area contributed by atoms with Crippen LogP contribution in [0.4, 0.5) is 10.6 Å². The lowest BCUT2D eigenvalue weighted by Gasteiger charge is -2.19. The molecule has 2 N–H and O–H groups in total. The Kier molecular flexibility index (Phi) is 4.78. The first-order chi connectivity index (χ1) is 10.8. The standard InChI is InChI=1S/C16H21N3O4/c1-16(2,3)23-15(20)19-13(17)9-14(18-19)22-10-11-6-5-7-12(8-11)21-4/h5-9H,10,17H2,1-4H3. The van der Waals surface area contributed by atoms with Crippen LogP contribution in [0.1, 0.15) is 26.3 Å². The number of carbonyl (C=O) groups is 1. The van der Waals surface area contributed by atoms with Crippen molar-refractivity contribution in [3.8, 4) is 11.6 Å². The molecule has 0 aliphatic carbocycles. The zero-order valence-electron chi connectivity index (χ0n) is 13.7. The van der Waals surface area contributed by atoms with Crippen LogP contribution in [0.2, 0.25) is 0 Å². The highest BCUT2D eigenvalue weighted by Gasteiger charge is 2.21. The molecule has 0 saturated carbocycles. The quantitative estimate of drug-likeness (QED) is 0.932. The molecule has 0 aliphatic rings. The van der Waals surface area contributed by atoms with Crippen molar-refractivity contribution < 1.29 is 19.0 Å². The summed E-state index contributed by atoms with van der Waals surface area (Å²) in [6.45, 7) is 5.59. The average Bonchev–Trinajstić information content (AvgIpc) is 2.85. The van der Waals surface area contributed by atoms with Crippen LogP contribution >= 0.6 is 0 Å². The first kappa shape index (κ1) is 16.7. The van der Waals surface area contributed by atoms with Crippen LogP contribution in [-0.4, -0.2) is 28.6 Å². The van der Waals surface area contributed by atoms with Gasteiger partial charge in [-0.3, -0.25) is 0 Å². The summed E-state index contributed by atoms with van der Waals surface area (Å²) in [7, 11) is 1.60. The molecule has 1 heterocycles. The van der Waals surface area contributed by atoms with E-state index in [0.29, 0.717) is 0 Å². The fourth-order valence-corrected chi connectivity index (χ4v) is 1.81. The van der Waals surface area contributed by atoms with E-state index in [9.17, 15) is 4.79 Å². The summed E-state index contributed by atoms with van der Waals surface area (Å²) in [5.74, 6) is 1.14. The molecule has 1 aromatic heterocycles. The van der Waals surface area contributed by atoms with Crippen molar-refractivity contribution >= 4 is 11.9 Å². The Bertz CT molecular complexity index is 689. The van der Waals surface area contributed by atoms with Crippen LogP contribution in [0.15, 0.2) is 30.3 Å². The van der Waals surface area contributed by atoms with Gasteiger partial charge in [0, 0.05) is 6.07 Å². The largest absolute Gasteiger partial charge is 0.497 e. The normalized spacial score (nSPS) is 11.1. The van der Waals surface area contributed by atoms with Gasteiger partial charge in [-0.2, -0.15) is 0 Å². The smallest absolute Gasteiger partial charge is 0.437 e. The van der Waals surface area contributed by atoms with E-state index in [4.69, 9.17) is 19.9 Å². The number of anilines is 1. The van der Waals surface area contributed by atoms with Gasteiger partial charge in [-0.15, -0.1) is 9.78 Å². The van der Waals surface area contributed by atoms with E-state index in [2.05, 4.69) is 5.10 Å². The number of ether oxygens (including phenoxy) is 3. The van der Waals surface area contributed by atoms with Gasteiger partial charge >= 0.3 is 6.09 Å². The molecule has 0 radical (unpaired) electrons. The van der Waals surface area contributed by atoms with Crippen molar-refractivity contribution in [1.29, 1.82) is 0 Å². The van der Waals surface area contributed by atoms with Crippen molar-refractivity contribution in [3.05, 3.63) is 35.9 Å². The van der Waals surface area contributed by atoms with Gasteiger partial charge in [0.15, 0.2) is 0 Å². The maximum Gasteiger partial charge on any atom is 0.437 e. The molecule has 0 saturated heterocycles. The lowest BCUT2D eigenvalue weighted by atomic mass is 10.2. The summed E-state index contributed by atoms with van der Waals surface area (Å²) < 4.78 is 16.9. The van der Waals surface area contributed by atoms with Crippen LogP contribution < -0.4 is 15.2 Å². The first-order valence-corrected chi connectivity index (χ1v) is 7.13. The van der Waals surface area contributed by atoms with Gasteiger partial charge in [-0.25, -0.2) is 4.79 Å². The van der Waals surface area contributed by atoms with Crippen molar-refractivity contribution in [1.82, 2.24) is 9.78 Å². The Morgan fingerprint density at radius 3 is 2.70 bits per heavy atom. The van der Waals surface area contributed by atoms with Gasteiger partial charge in [0.1, 0.15) is 23.8 Å². The summed E-state index contributed by atoms with van der Waals surface area (Å²) in [6.07, 6.45) is -0.647. The second-order valence-corrected chi connectivity index (χ2v) is 5.94. The summed E-state index contributed by atoms with van der Waals surface area (Å²) in [5, 5.41) is 4.02. The first-order valence-electron chi connectivity index (χ1n) is 7.13. The van der Waals surface area contributed by atoms with Crippen molar-refractivity contribution in [2.24, 2.45) is 0 Å². The molecule has 0 spiro atoms. The third-order valence-electron chi connectivity index (χ3n) is 2.80. The number of carbonyl (C=O) groups excluding carboxylic acids is 1. The Balaban J connectivity index is 2.04. The Morgan fingerprint density at radius 1 is 1.30 bits per heavy atom. The summed E-state index contributed by atoms with van der Waals surface area (Å²) in [5.41, 5.74) is 6.06. The Hall–Kier alpha value is -2.70. The van der Waals surface area contributed by atoms with Crippen LogP contribution in [0.5, 0.6) is 11.6 Å². The number of methoxy groups -OCH3 is 1. The Labute approximate surface area is 134 Å². The van der Waals surface area contributed by atoms with Crippen LogP contribution in [0.3, 0.4) is 0 Å². The number of hydrogen-bond donors (Lipinski definition) is 1. The van der Waals surface area contributed by atoms with Gasteiger partial charge < -0.3 is 19.9 Å². The molecule has 0 atom stereocenters. The highest BCUT2D eigenvalue weighted by Crippen LogP contribution is 2.19. The molecule has 0 bridgehead atoms. The van der Waals surface area contributed by atoms with Crippen molar-refractivity contribution in [2.45, 2.75) is 33.0 Å². The van der Waals surface area contributed by atoms with Crippen LogP contribution in [0.25, 0.3) is 0 Å². The molecule has 0 fully saturated rings. The van der Waals surface area contributed by atoms with Gasteiger partial charge in [-0.05, 0) is 38.5 Å². The zero-order valence-corrected chi connectivity index (χ0v) is 13.7. The van der Waals surface area contributed by atoms with E-state index >= 15 is 0 Å². The maximum atomic E-state index is 12.0. The minimum absolute atomic E-state index is 0.153. The topological polar surface area (TPSA) is 88.6 Å². The molecule has 23 heavy (non-hydrogen) atoms. The molecular formula is C16H21N3O4. The minimum atomic E-state index is -0.647. The second-order valence-electron chi connectivity index (χ2n) is 5.94. The monoisotopic (exact) mass is 319 g/mol. The van der Waals surface area contributed by atoms with Crippen molar-refractivity contribution in [2.75, 3.05) is 12.8 Å². The fourth-order valence-electron chi connectivity index (χ4n) is 1.81. The maximum absolute atomic E-state index is 12.0. The molecular weight excluding hydrogens is 298 g/mol. The number of nitrogens with two attached hydrogens (primary N) is 1. The molecule has 0 amide bonds. The van der Waals surface area contributed by atoms with E-state index < -0.39 is 11.7 Å². The molecule has 7 nitrogen and oxygen atoms in total. The van der Waals surface area contributed by atoms with Crippen LogP contribution in [0, 0.1) is 0 Å². The molecule has 124 valence electrons. The van der Waals surface area contributed by atoms with Crippen molar-refractivity contribution in [3.63, 3.8) is 0 Å². The van der Waals surface area contributed by atoms with E-state index in [1.807, 2.05) is 24.3 Å². The van der Waals surface area contributed by atoms with E-state index in [0.717, 1.165) is 16.0 Å². The van der Waals surface area contributed by atoms with E-state index in [-0.39, 0.29) is 18.3 Å². The lowest BCUT2D eigenvalue weighted by Crippen LogP contribution is -2.28. The summed E-state index contributed by atoms with van der Waals surface area (Å²) in [4.78, 5) is 12.0. The second kappa shape index (κ2) is 6.60.